The molecular formula is C32H36O4. The molecule has 0 saturated heterocycles. The van der Waals surface area contributed by atoms with Crippen molar-refractivity contribution in [2.24, 2.45) is 0 Å². The van der Waals surface area contributed by atoms with Gasteiger partial charge in [0.1, 0.15) is 0 Å². The first-order valence-corrected chi connectivity index (χ1v) is 13.0. The van der Waals surface area contributed by atoms with Gasteiger partial charge in [-0.1, -0.05) is 89.4 Å². The van der Waals surface area contributed by atoms with E-state index >= 15 is 0 Å². The average Bonchev–Trinajstić information content (AvgIpc) is 3.40. The summed E-state index contributed by atoms with van der Waals surface area (Å²) in [6.45, 7) is 8.67. The summed E-state index contributed by atoms with van der Waals surface area (Å²) in [5.41, 5.74) is 3.82. The van der Waals surface area contributed by atoms with Crippen molar-refractivity contribution in [1.82, 2.24) is 0 Å². The van der Waals surface area contributed by atoms with Crippen LogP contribution in [0.4, 0.5) is 0 Å². The molecule has 4 rings (SSSR count). The molecule has 0 N–H and O–H groups in total. The third kappa shape index (κ3) is 5.70. The van der Waals surface area contributed by atoms with E-state index in [1.165, 1.54) is 0 Å². The molecule has 1 fully saturated rings. The highest BCUT2D eigenvalue weighted by Crippen LogP contribution is 2.50. The molecule has 188 valence electrons. The van der Waals surface area contributed by atoms with Crippen LogP contribution < -0.4 is 9.47 Å². The third-order valence-electron chi connectivity index (χ3n) is 6.85. The van der Waals surface area contributed by atoms with Gasteiger partial charge in [-0.05, 0) is 66.0 Å². The summed E-state index contributed by atoms with van der Waals surface area (Å²) in [5, 5.41) is 0. The van der Waals surface area contributed by atoms with E-state index in [0.717, 1.165) is 48.8 Å². The lowest BCUT2D eigenvalue weighted by atomic mass is 9.77. The van der Waals surface area contributed by atoms with Crippen LogP contribution in [0.5, 0.6) is 11.5 Å². The fraction of sp³-hybridized carbons (Fsp3) is 0.375. The second-order valence-electron chi connectivity index (χ2n) is 10.6. The molecule has 0 radical (unpaired) electrons. The highest BCUT2D eigenvalue weighted by Gasteiger charge is 2.34. The van der Waals surface area contributed by atoms with Crippen molar-refractivity contribution in [2.75, 3.05) is 0 Å². The standard InChI is InChI=1S/C32H36O4/c1-5-14-25-21-26(32(2,3)4)27(22-15-12-13-16-22)29(36-31(34)24-19-10-7-11-20-24)28(25)35-30(33)23-17-8-6-9-18-23/h6-11,17-22H,5,12-16H2,1-4H3. The SMILES string of the molecule is CCCc1cc(C(C)(C)C)c(C2CCCC2)c(OC(=O)c2ccccc2)c1OC(=O)c1ccccc1. The minimum atomic E-state index is -0.453. The Morgan fingerprint density at radius 3 is 1.78 bits per heavy atom. The number of aryl methyl sites for hydroxylation is 1. The highest BCUT2D eigenvalue weighted by molar-refractivity contribution is 5.94. The monoisotopic (exact) mass is 484 g/mol. The lowest BCUT2D eigenvalue weighted by molar-refractivity contribution is 0.0678. The van der Waals surface area contributed by atoms with Gasteiger partial charge in [0, 0.05) is 5.56 Å². The fourth-order valence-corrected chi connectivity index (χ4v) is 5.07. The first-order valence-electron chi connectivity index (χ1n) is 13.0. The smallest absolute Gasteiger partial charge is 0.343 e. The average molecular weight is 485 g/mol. The van der Waals surface area contributed by atoms with E-state index in [4.69, 9.17) is 9.47 Å². The molecule has 4 heteroatoms. The lowest BCUT2D eigenvalue weighted by Crippen LogP contribution is -2.21. The maximum absolute atomic E-state index is 13.4. The molecule has 36 heavy (non-hydrogen) atoms. The van der Waals surface area contributed by atoms with Crippen molar-refractivity contribution in [2.45, 2.75) is 77.6 Å². The summed E-state index contributed by atoms with van der Waals surface area (Å²) < 4.78 is 12.3. The molecule has 0 spiro atoms. The van der Waals surface area contributed by atoms with Crippen molar-refractivity contribution in [3.63, 3.8) is 0 Å². The number of rotatable bonds is 7. The van der Waals surface area contributed by atoms with Gasteiger partial charge in [0.05, 0.1) is 11.1 Å². The van der Waals surface area contributed by atoms with Crippen LogP contribution in [0.25, 0.3) is 0 Å². The number of carbonyl (C=O) groups is 2. The molecule has 0 atom stereocenters. The molecule has 0 amide bonds. The van der Waals surface area contributed by atoms with Crippen molar-refractivity contribution in [3.05, 3.63) is 94.5 Å². The van der Waals surface area contributed by atoms with Gasteiger partial charge < -0.3 is 9.47 Å². The molecule has 1 aliphatic rings. The first-order chi connectivity index (χ1) is 17.3. The molecule has 0 unspecified atom stereocenters. The Hall–Kier alpha value is -3.40. The van der Waals surface area contributed by atoms with Gasteiger partial charge in [-0.2, -0.15) is 0 Å². The molecular weight excluding hydrogens is 448 g/mol. The Bertz CT molecular complexity index is 1200. The van der Waals surface area contributed by atoms with Gasteiger partial charge in [0.15, 0.2) is 11.5 Å². The van der Waals surface area contributed by atoms with Crippen LogP contribution in [-0.4, -0.2) is 11.9 Å². The van der Waals surface area contributed by atoms with Gasteiger partial charge in [-0.25, -0.2) is 9.59 Å². The quantitative estimate of drug-likeness (QED) is 0.252. The molecule has 0 aromatic heterocycles. The summed E-state index contributed by atoms with van der Waals surface area (Å²) in [4.78, 5) is 26.6. The maximum Gasteiger partial charge on any atom is 0.343 e. The molecule has 0 bridgehead atoms. The second kappa shape index (κ2) is 11.1. The minimum Gasteiger partial charge on any atom is -0.419 e. The Balaban J connectivity index is 1.92. The Labute approximate surface area is 214 Å². The molecule has 0 heterocycles. The van der Waals surface area contributed by atoms with Gasteiger partial charge in [-0.3, -0.25) is 0 Å². The Morgan fingerprint density at radius 1 is 0.806 bits per heavy atom. The zero-order valence-electron chi connectivity index (χ0n) is 21.8. The summed E-state index contributed by atoms with van der Waals surface area (Å²) in [6, 6.07) is 20.1. The van der Waals surface area contributed by atoms with Crippen molar-refractivity contribution in [1.29, 1.82) is 0 Å². The van der Waals surface area contributed by atoms with Crippen LogP contribution in [-0.2, 0) is 11.8 Å². The molecule has 1 aliphatic carbocycles. The van der Waals surface area contributed by atoms with Crippen LogP contribution in [0.2, 0.25) is 0 Å². The maximum atomic E-state index is 13.4. The molecule has 0 aliphatic heterocycles. The lowest BCUT2D eigenvalue weighted by Gasteiger charge is -2.30. The summed E-state index contributed by atoms with van der Waals surface area (Å²) >= 11 is 0. The predicted molar refractivity (Wildman–Crippen MR) is 143 cm³/mol. The number of ether oxygens (including phenoxy) is 2. The summed E-state index contributed by atoms with van der Waals surface area (Å²) in [5.74, 6) is 0.148. The number of esters is 2. The van der Waals surface area contributed by atoms with E-state index in [1.54, 1.807) is 24.3 Å². The van der Waals surface area contributed by atoms with E-state index < -0.39 is 11.9 Å². The minimum absolute atomic E-state index is 0.170. The highest BCUT2D eigenvalue weighted by atomic mass is 16.6. The van der Waals surface area contributed by atoms with Gasteiger partial charge >= 0.3 is 11.9 Å². The molecule has 3 aromatic rings. The van der Waals surface area contributed by atoms with E-state index in [2.05, 4.69) is 33.8 Å². The van der Waals surface area contributed by atoms with Gasteiger partial charge in [0.25, 0.3) is 0 Å². The van der Waals surface area contributed by atoms with Crippen LogP contribution in [0.15, 0.2) is 66.7 Å². The molecule has 3 aromatic carbocycles. The normalized spacial score (nSPS) is 14.0. The van der Waals surface area contributed by atoms with E-state index in [0.29, 0.717) is 29.0 Å². The Kier molecular flexibility index (Phi) is 7.93. The van der Waals surface area contributed by atoms with Crippen molar-refractivity contribution in [3.8, 4) is 11.5 Å². The predicted octanol–water partition coefficient (Wildman–Crippen LogP) is 8.03. The van der Waals surface area contributed by atoms with Crippen LogP contribution in [0.3, 0.4) is 0 Å². The summed E-state index contributed by atoms with van der Waals surface area (Å²) in [6.07, 6.45) is 5.90. The van der Waals surface area contributed by atoms with E-state index in [9.17, 15) is 9.59 Å². The zero-order chi connectivity index (χ0) is 25.7. The third-order valence-corrected chi connectivity index (χ3v) is 6.85. The number of hydrogen-bond acceptors (Lipinski definition) is 4. The largest absolute Gasteiger partial charge is 0.419 e. The van der Waals surface area contributed by atoms with Gasteiger partial charge in [0.2, 0.25) is 0 Å². The number of carbonyl (C=O) groups excluding carboxylic acids is 2. The van der Waals surface area contributed by atoms with Crippen LogP contribution >= 0.6 is 0 Å². The van der Waals surface area contributed by atoms with Gasteiger partial charge in [-0.15, -0.1) is 0 Å². The van der Waals surface area contributed by atoms with E-state index in [1.807, 2.05) is 36.4 Å². The summed E-state index contributed by atoms with van der Waals surface area (Å²) in [7, 11) is 0. The topological polar surface area (TPSA) is 52.6 Å². The van der Waals surface area contributed by atoms with Crippen LogP contribution in [0, 0.1) is 0 Å². The number of benzene rings is 3. The Morgan fingerprint density at radius 2 is 1.31 bits per heavy atom. The van der Waals surface area contributed by atoms with Crippen LogP contribution in [0.1, 0.15) is 103 Å². The fourth-order valence-electron chi connectivity index (χ4n) is 5.07. The molecule has 1 saturated carbocycles. The second-order valence-corrected chi connectivity index (χ2v) is 10.6. The zero-order valence-corrected chi connectivity index (χ0v) is 21.8. The van der Waals surface area contributed by atoms with E-state index in [-0.39, 0.29) is 11.3 Å². The first kappa shape index (κ1) is 25.7. The van der Waals surface area contributed by atoms with Crippen molar-refractivity contribution >= 4 is 11.9 Å². The number of hydrogen-bond donors (Lipinski definition) is 0. The molecule has 4 nitrogen and oxygen atoms in total. The van der Waals surface area contributed by atoms with Crippen molar-refractivity contribution < 1.29 is 19.1 Å².